The summed E-state index contributed by atoms with van der Waals surface area (Å²) in [5, 5.41) is 3.03. The summed E-state index contributed by atoms with van der Waals surface area (Å²) in [6.07, 6.45) is 4.59. The van der Waals surface area contributed by atoms with Crippen LogP contribution in [0.25, 0.3) is 0 Å². The average Bonchev–Trinajstić information content (AvgIpc) is 2.29. The van der Waals surface area contributed by atoms with Gasteiger partial charge in [0.15, 0.2) is 0 Å². The summed E-state index contributed by atoms with van der Waals surface area (Å²) in [6.45, 7) is 1.92. The summed E-state index contributed by atoms with van der Waals surface area (Å²) in [7, 11) is 0. The Morgan fingerprint density at radius 1 is 1.35 bits per heavy atom. The Bertz CT molecular complexity index is 557. The summed E-state index contributed by atoms with van der Waals surface area (Å²) < 4.78 is 0. The molecule has 0 aliphatic heterocycles. The van der Waals surface area contributed by atoms with Crippen molar-refractivity contribution < 1.29 is 4.79 Å². The van der Waals surface area contributed by atoms with Gasteiger partial charge in [0.2, 0.25) is 0 Å². The third-order valence-corrected chi connectivity index (χ3v) is 2.50. The fourth-order valence-corrected chi connectivity index (χ4v) is 1.52. The minimum absolute atomic E-state index is 0.318. The van der Waals surface area contributed by atoms with Crippen LogP contribution in [0.4, 0.5) is 5.82 Å². The summed E-state index contributed by atoms with van der Waals surface area (Å²) in [4.78, 5) is 19.8. The van der Waals surface area contributed by atoms with Gasteiger partial charge in [0.1, 0.15) is 5.82 Å². The molecule has 2 heterocycles. The highest BCUT2D eigenvalue weighted by atomic mass is 35.5. The zero-order valence-electron chi connectivity index (χ0n) is 9.14. The van der Waals surface area contributed by atoms with E-state index in [1.807, 2.05) is 13.0 Å². The average molecular weight is 248 g/mol. The Balaban J connectivity index is 2.20. The highest BCUT2D eigenvalue weighted by Crippen LogP contribution is 2.15. The van der Waals surface area contributed by atoms with Crippen LogP contribution in [0.5, 0.6) is 0 Å². The lowest BCUT2D eigenvalue weighted by atomic mass is 10.2. The third kappa shape index (κ3) is 2.79. The van der Waals surface area contributed by atoms with Gasteiger partial charge in [-0.3, -0.25) is 9.78 Å². The number of carbonyl (C=O) groups excluding carboxylic acids is 1. The standard InChI is InChI=1S/C12H10ClN3O/c1-8-2-5-15-11(6-8)16-12(17)9-7-14-4-3-10(9)13/h2-7H,1H3,(H,15,16,17). The maximum Gasteiger partial charge on any atom is 0.259 e. The van der Waals surface area contributed by atoms with E-state index in [2.05, 4.69) is 15.3 Å². The van der Waals surface area contributed by atoms with Gasteiger partial charge in [-0.1, -0.05) is 11.6 Å². The molecule has 0 fully saturated rings. The zero-order chi connectivity index (χ0) is 12.3. The highest BCUT2D eigenvalue weighted by molar-refractivity contribution is 6.34. The number of halogens is 1. The predicted octanol–water partition coefficient (Wildman–Crippen LogP) is 2.69. The molecular weight excluding hydrogens is 238 g/mol. The van der Waals surface area contributed by atoms with E-state index in [4.69, 9.17) is 11.6 Å². The number of anilines is 1. The number of carbonyl (C=O) groups is 1. The van der Waals surface area contributed by atoms with E-state index in [1.165, 1.54) is 12.4 Å². The molecule has 2 rings (SSSR count). The molecule has 0 unspecified atom stereocenters. The van der Waals surface area contributed by atoms with Gasteiger partial charge < -0.3 is 5.32 Å². The second-order valence-electron chi connectivity index (χ2n) is 3.53. The van der Waals surface area contributed by atoms with Crippen molar-refractivity contribution >= 4 is 23.3 Å². The molecule has 5 heteroatoms. The molecule has 2 aromatic heterocycles. The Kier molecular flexibility index (Phi) is 3.35. The minimum atomic E-state index is -0.318. The van der Waals surface area contributed by atoms with Gasteiger partial charge in [0.25, 0.3) is 5.91 Å². The molecule has 0 bridgehead atoms. The van der Waals surface area contributed by atoms with E-state index in [0.29, 0.717) is 16.4 Å². The van der Waals surface area contributed by atoms with Crippen molar-refractivity contribution in [2.75, 3.05) is 5.32 Å². The van der Waals surface area contributed by atoms with Crippen LogP contribution in [-0.4, -0.2) is 15.9 Å². The number of aryl methyl sites for hydroxylation is 1. The number of aromatic nitrogens is 2. The van der Waals surface area contributed by atoms with E-state index in [-0.39, 0.29) is 5.91 Å². The third-order valence-electron chi connectivity index (χ3n) is 2.17. The normalized spacial score (nSPS) is 10.0. The Morgan fingerprint density at radius 2 is 2.18 bits per heavy atom. The lowest BCUT2D eigenvalue weighted by Crippen LogP contribution is -2.13. The first kappa shape index (κ1) is 11.5. The monoisotopic (exact) mass is 247 g/mol. The Labute approximate surface area is 104 Å². The molecule has 0 atom stereocenters. The van der Waals surface area contributed by atoms with Gasteiger partial charge in [-0.15, -0.1) is 0 Å². The van der Waals surface area contributed by atoms with Crippen LogP contribution in [0.1, 0.15) is 15.9 Å². The molecule has 0 aromatic carbocycles. The van der Waals surface area contributed by atoms with Crippen LogP contribution in [0.2, 0.25) is 5.02 Å². The lowest BCUT2D eigenvalue weighted by molar-refractivity contribution is 0.102. The van der Waals surface area contributed by atoms with Gasteiger partial charge in [-0.25, -0.2) is 4.98 Å². The fraction of sp³-hybridized carbons (Fsp3) is 0.0833. The molecule has 0 aliphatic carbocycles. The first-order valence-electron chi connectivity index (χ1n) is 5.00. The second-order valence-corrected chi connectivity index (χ2v) is 3.94. The Hall–Kier alpha value is -1.94. The van der Waals surface area contributed by atoms with Gasteiger partial charge >= 0.3 is 0 Å². The molecule has 4 nitrogen and oxygen atoms in total. The smallest absolute Gasteiger partial charge is 0.259 e. The van der Waals surface area contributed by atoms with Gasteiger partial charge in [-0.05, 0) is 30.7 Å². The van der Waals surface area contributed by atoms with Crippen LogP contribution in [-0.2, 0) is 0 Å². The summed E-state index contributed by atoms with van der Waals surface area (Å²) in [5.74, 6) is 0.177. The molecule has 0 radical (unpaired) electrons. The molecule has 1 amide bonds. The number of nitrogens with zero attached hydrogens (tertiary/aromatic N) is 2. The van der Waals surface area contributed by atoms with Crippen LogP contribution >= 0.6 is 11.6 Å². The quantitative estimate of drug-likeness (QED) is 0.888. The van der Waals surface area contributed by atoms with Crippen molar-refractivity contribution in [3.8, 4) is 0 Å². The molecule has 2 aromatic rings. The maximum atomic E-state index is 11.9. The van der Waals surface area contributed by atoms with Crippen molar-refractivity contribution in [1.29, 1.82) is 0 Å². The second kappa shape index (κ2) is 4.93. The van der Waals surface area contributed by atoms with Gasteiger partial charge in [0.05, 0.1) is 10.6 Å². The fourth-order valence-electron chi connectivity index (χ4n) is 1.33. The summed E-state index contributed by atoms with van der Waals surface area (Å²) in [6, 6.07) is 5.20. The van der Waals surface area contributed by atoms with Crippen LogP contribution < -0.4 is 5.32 Å². The minimum Gasteiger partial charge on any atom is -0.306 e. The van der Waals surface area contributed by atoms with Gasteiger partial charge in [0, 0.05) is 18.6 Å². The maximum absolute atomic E-state index is 11.9. The van der Waals surface area contributed by atoms with E-state index >= 15 is 0 Å². The zero-order valence-corrected chi connectivity index (χ0v) is 9.90. The van der Waals surface area contributed by atoms with E-state index in [9.17, 15) is 4.79 Å². The van der Waals surface area contributed by atoms with Gasteiger partial charge in [-0.2, -0.15) is 0 Å². The lowest BCUT2D eigenvalue weighted by Gasteiger charge is -2.05. The van der Waals surface area contributed by atoms with Crippen LogP contribution in [0.15, 0.2) is 36.8 Å². The first-order valence-corrected chi connectivity index (χ1v) is 5.38. The molecular formula is C12H10ClN3O. The van der Waals surface area contributed by atoms with Crippen molar-refractivity contribution in [2.24, 2.45) is 0 Å². The topological polar surface area (TPSA) is 54.9 Å². The number of rotatable bonds is 2. The molecule has 0 spiro atoms. The van der Waals surface area contributed by atoms with Crippen molar-refractivity contribution in [2.45, 2.75) is 6.92 Å². The summed E-state index contributed by atoms with van der Waals surface area (Å²) in [5.41, 5.74) is 1.35. The van der Waals surface area contributed by atoms with E-state index < -0.39 is 0 Å². The largest absolute Gasteiger partial charge is 0.306 e. The molecule has 86 valence electrons. The number of pyridine rings is 2. The molecule has 0 aliphatic rings. The van der Waals surface area contributed by atoms with Crippen molar-refractivity contribution in [1.82, 2.24) is 9.97 Å². The van der Waals surface area contributed by atoms with Crippen molar-refractivity contribution in [3.05, 3.63) is 52.9 Å². The molecule has 0 saturated carbocycles. The predicted molar refractivity (Wildman–Crippen MR) is 66.2 cm³/mol. The SMILES string of the molecule is Cc1ccnc(NC(=O)c2cnccc2Cl)c1. The van der Waals surface area contributed by atoms with E-state index in [0.717, 1.165) is 5.56 Å². The molecule has 0 saturated heterocycles. The van der Waals surface area contributed by atoms with Crippen LogP contribution in [0, 0.1) is 6.92 Å². The molecule has 17 heavy (non-hydrogen) atoms. The number of nitrogens with one attached hydrogen (secondary N) is 1. The number of hydrogen-bond donors (Lipinski definition) is 1. The van der Waals surface area contributed by atoms with Crippen LogP contribution in [0.3, 0.4) is 0 Å². The number of hydrogen-bond acceptors (Lipinski definition) is 3. The highest BCUT2D eigenvalue weighted by Gasteiger charge is 2.10. The molecule has 1 N–H and O–H groups in total. The summed E-state index contributed by atoms with van der Waals surface area (Å²) >= 11 is 5.90. The van der Waals surface area contributed by atoms with E-state index in [1.54, 1.807) is 18.3 Å². The Morgan fingerprint density at radius 3 is 2.88 bits per heavy atom. The number of amides is 1. The first-order chi connectivity index (χ1) is 8.16. The van der Waals surface area contributed by atoms with Crippen molar-refractivity contribution in [3.63, 3.8) is 0 Å².